The molecule has 1 heterocycles. The quantitative estimate of drug-likeness (QED) is 0.437. The van der Waals surface area contributed by atoms with Gasteiger partial charge >= 0.3 is 8.56 Å². The van der Waals surface area contributed by atoms with Crippen LogP contribution in [0, 0.1) is 0 Å². The highest BCUT2D eigenvalue weighted by Gasteiger charge is 2.32. The lowest BCUT2D eigenvalue weighted by Crippen LogP contribution is -2.44. The molecule has 1 fully saturated rings. The second kappa shape index (κ2) is 7.53. The van der Waals surface area contributed by atoms with Crippen molar-refractivity contribution < 1.29 is 18.3 Å². The van der Waals surface area contributed by atoms with E-state index in [1.54, 1.807) is 0 Å². The highest BCUT2D eigenvalue weighted by Crippen LogP contribution is 2.12. The second-order valence-electron chi connectivity index (χ2n) is 3.47. The molecule has 15 heavy (non-hydrogen) atoms. The number of ether oxygens (including phenoxy) is 2. The maximum absolute atomic E-state index is 5.62. The average Bonchev–Trinajstić information content (AvgIpc) is 2.89. The van der Waals surface area contributed by atoms with Crippen LogP contribution in [0.4, 0.5) is 0 Å². The Morgan fingerprint density at radius 3 is 2.20 bits per heavy atom. The molecule has 0 amide bonds. The first-order valence-corrected chi connectivity index (χ1v) is 7.70. The van der Waals surface area contributed by atoms with Gasteiger partial charge in [0.1, 0.15) is 6.10 Å². The summed E-state index contributed by atoms with van der Waals surface area (Å²) in [6.07, 6.45) is 0.908. The molecular formula is C9H24O4Si2. The summed E-state index contributed by atoms with van der Waals surface area (Å²) in [6.45, 7) is 8.87. The lowest BCUT2D eigenvalue weighted by molar-refractivity contribution is 0.0991. The highest BCUT2D eigenvalue weighted by molar-refractivity contribution is 6.65. The highest BCUT2D eigenvalue weighted by atomic mass is 28.4. The third-order valence-corrected chi connectivity index (χ3v) is 4.50. The van der Waals surface area contributed by atoms with E-state index in [2.05, 4.69) is 0 Å². The van der Waals surface area contributed by atoms with Crippen LogP contribution in [-0.4, -0.2) is 58.3 Å². The zero-order valence-electron chi connectivity index (χ0n) is 9.25. The summed E-state index contributed by atoms with van der Waals surface area (Å²) in [5.41, 5.74) is 0. The van der Waals surface area contributed by atoms with Crippen LogP contribution >= 0.6 is 0 Å². The zero-order valence-corrected chi connectivity index (χ0v) is 10.2. The number of epoxide rings is 1. The molecule has 1 saturated heterocycles. The first-order chi connectivity index (χ1) is 6.70. The van der Waals surface area contributed by atoms with Crippen LogP contribution in [0.5, 0.6) is 0 Å². The number of rotatable bonds is 8. The van der Waals surface area contributed by atoms with Crippen molar-refractivity contribution in [3.8, 4) is 0 Å². The van der Waals surface area contributed by atoms with Gasteiger partial charge in [0.2, 0.25) is 0 Å². The molecule has 1 atom stereocenters. The summed E-state index contributed by atoms with van der Waals surface area (Å²) < 4.78 is 21.8. The van der Waals surface area contributed by atoms with Gasteiger partial charge in [0.05, 0.1) is 19.4 Å². The molecule has 0 bridgehead atoms. The minimum absolute atomic E-state index is 0. The summed E-state index contributed by atoms with van der Waals surface area (Å²) in [5.74, 6) is 0. The van der Waals surface area contributed by atoms with Crippen molar-refractivity contribution in [2.75, 3.05) is 32.7 Å². The van der Waals surface area contributed by atoms with E-state index < -0.39 is 8.56 Å². The van der Waals surface area contributed by atoms with Gasteiger partial charge in [-0.2, -0.15) is 0 Å². The summed E-state index contributed by atoms with van der Waals surface area (Å²) in [6, 6.07) is 0. The molecule has 0 aromatic carbocycles. The molecule has 0 radical (unpaired) electrons. The van der Waals surface area contributed by atoms with Crippen molar-refractivity contribution in [1.82, 2.24) is 0 Å². The predicted octanol–water partition coefficient (Wildman–Crippen LogP) is -0.366. The summed E-state index contributed by atoms with van der Waals surface area (Å²) in [7, 11) is -2.07. The monoisotopic (exact) mass is 252 g/mol. The molecule has 92 valence electrons. The van der Waals surface area contributed by atoms with E-state index in [-0.39, 0.29) is 11.0 Å². The van der Waals surface area contributed by atoms with E-state index in [0.717, 1.165) is 6.61 Å². The van der Waals surface area contributed by atoms with Crippen LogP contribution in [0.25, 0.3) is 0 Å². The van der Waals surface area contributed by atoms with Gasteiger partial charge in [0.25, 0.3) is 0 Å². The molecule has 1 aliphatic rings. The largest absolute Gasteiger partial charge is 0.393 e. The van der Waals surface area contributed by atoms with Gasteiger partial charge in [-0.1, -0.05) is 0 Å². The summed E-state index contributed by atoms with van der Waals surface area (Å²) in [5, 5.41) is 0. The molecule has 0 spiro atoms. The van der Waals surface area contributed by atoms with Crippen LogP contribution in [0.3, 0.4) is 0 Å². The SMILES string of the molecule is CCO[Si](C)(COCC1CO1)OCC.[SiH4]. The fourth-order valence-corrected chi connectivity index (χ4v) is 3.24. The lowest BCUT2D eigenvalue weighted by atomic mass is 10.5. The third kappa shape index (κ3) is 6.44. The predicted molar refractivity (Wildman–Crippen MR) is 66.8 cm³/mol. The molecular weight excluding hydrogens is 228 g/mol. The molecule has 0 aromatic heterocycles. The molecule has 0 saturated carbocycles. The van der Waals surface area contributed by atoms with E-state index >= 15 is 0 Å². The maximum Gasteiger partial charge on any atom is 0.361 e. The maximum atomic E-state index is 5.62. The topological polar surface area (TPSA) is 40.2 Å². The average molecular weight is 252 g/mol. The van der Waals surface area contributed by atoms with Crippen LogP contribution in [-0.2, 0) is 18.3 Å². The molecule has 0 aromatic rings. The van der Waals surface area contributed by atoms with Crippen LogP contribution in [0.15, 0.2) is 0 Å². The summed E-state index contributed by atoms with van der Waals surface area (Å²) >= 11 is 0. The Labute approximate surface area is 97.5 Å². The van der Waals surface area contributed by atoms with E-state index in [1.165, 1.54) is 0 Å². The van der Waals surface area contributed by atoms with Gasteiger partial charge < -0.3 is 18.3 Å². The van der Waals surface area contributed by atoms with Crippen LogP contribution < -0.4 is 0 Å². The molecule has 0 N–H and O–H groups in total. The van der Waals surface area contributed by atoms with E-state index in [9.17, 15) is 0 Å². The van der Waals surface area contributed by atoms with Gasteiger partial charge in [-0.3, -0.25) is 0 Å². The van der Waals surface area contributed by atoms with Crippen molar-refractivity contribution in [2.24, 2.45) is 0 Å². The normalized spacial score (nSPS) is 19.8. The Balaban J connectivity index is 0.00000196. The third-order valence-electron chi connectivity index (χ3n) is 1.97. The first-order valence-electron chi connectivity index (χ1n) is 5.17. The van der Waals surface area contributed by atoms with Crippen molar-refractivity contribution in [3.63, 3.8) is 0 Å². The van der Waals surface area contributed by atoms with Gasteiger partial charge in [-0.25, -0.2) is 0 Å². The number of hydrogen-bond acceptors (Lipinski definition) is 4. The van der Waals surface area contributed by atoms with E-state index in [4.69, 9.17) is 18.3 Å². The minimum atomic E-state index is -2.07. The van der Waals surface area contributed by atoms with E-state index in [1.807, 2.05) is 20.4 Å². The Kier molecular flexibility index (Phi) is 7.67. The van der Waals surface area contributed by atoms with Gasteiger partial charge in [0, 0.05) is 13.2 Å². The zero-order chi connectivity index (χ0) is 10.4. The Bertz CT molecular complexity index is 158. The number of hydrogen-bond donors (Lipinski definition) is 0. The standard InChI is InChI=1S/C9H20O4Si.H4Si/c1-4-12-14(3,13-5-2)8-10-6-9-7-11-9;/h9H,4-8H2,1-3H3;1H4. The Morgan fingerprint density at radius 1 is 1.27 bits per heavy atom. The molecule has 4 nitrogen and oxygen atoms in total. The van der Waals surface area contributed by atoms with Gasteiger partial charge in [0.15, 0.2) is 0 Å². The van der Waals surface area contributed by atoms with Crippen LogP contribution in [0.1, 0.15) is 13.8 Å². The van der Waals surface area contributed by atoms with Crippen molar-refractivity contribution in [2.45, 2.75) is 26.5 Å². The van der Waals surface area contributed by atoms with E-state index in [0.29, 0.717) is 32.2 Å². The molecule has 1 rings (SSSR count). The van der Waals surface area contributed by atoms with Gasteiger partial charge in [-0.15, -0.1) is 0 Å². The van der Waals surface area contributed by atoms with Gasteiger partial charge in [-0.05, 0) is 31.4 Å². The fourth-order valence-electron chi connectivity index (χ4n) is 1.28. The summed E-state index contributed by atoms with van der Waals surface area (Å²) in [4.78, 5) is 0. The Morgan fingerprint density at radius 2 is 1.80 bits per heavy atom. The first kappa shape index (κ1) is 15.3. The van der Waals surface area contributed by atoms with Crippen molar-refractivity contribution in [1.29, 1.82) is 0 Å². The molecule has 1 aliphatic heterocycles. The van der Waals surface area contributed by atoms with Crippen molar-refractivity contribution >= 4 is 19.5 Å². The minimum Gasteiger partial charge on any atom is -0.393 e. The second-order valence-corrected chi connectivity index (χ2v) is 6.60. The Hall–Kier alpha value is 0.274. The van der Waals surface area contributed by atoms with Crippen LogP contribution in [0.2, 0.25) is 6.55 Å². The lowest BCUT2D eigenvalue weighted by Gasteiger charge is -2.25. The smallest absolute Gasteiger partial charge is 0.361 e. The molecule has 0 aliphatic carbocycles. The van der Waals surface area contributed by atoms with Crippen molar-refractivity contribution in [3.05, 3.63) is 0 Å². The molecule has 1 unspecified atom stereocenters. The molecule has 6 heteroatoms. The fraction of sp³-hybridized carbons (Fsp3) is 1.00.